The summed E-state index contributed by atoms with van der Waals surface area (Å²) in [7, 11) is 3.34. The van der Waals surface area contributed by atoms with E-state index in [-0.39, 0.29) is 17.5 Å². The molecule has 5 rings (SSSR count). The third-order valence-corrected chi connectivity index (χ3v) is 7.78. The summed E-state index contributed by atoms with van der Waals surface area (Å²) in [5.41, 5.74) is 1.57. The van der Waals surface area contributed by atoms with Gasteiger partial charge in [-0.2, -0.15) is 0 Å². The average Bonchev–Trinajstić information content (AvgIpc) is 3.12. The van der Waals surface area contributed by atoms with Gasteiger partial charge < -0.3 is 14.5 Å². The molecule has 2 aromatic heterocycles. The third kappa shape index (κ3) is 4.61. The number of nitrogens with zero attached hydrogens (tertiary/aromatic N) is 6. The highest BCUT2D eigenvalue weighted by atomic mass is 35.5. The highest BCUT2D eigenvalue weighted by molar-refractivity contribution is 6.32. The van der Waals surface area contributed by atoms with E-state index in [9.17, 15) is 9.59 Å². The first-order valence-corrected chi connectivity index (χ1v) is 12.6. The molecule has 1 saturated heterocycles. The Kier molecular flexibility index (Phi) is 6.69. The van der Waals surface area contributed by atoms with Crippen LogP contribution in [0.2, 0.25) is 5.02 Å². The van der Waals surface area contributed by atoms with Crippen LogP contribution in [-0.4, -0.2) is 63.2 Å². The van der Waals surface area contributed by atoms with E-state index < -0.39 is 0 Å². The zero-order valence-electron chi connectivity index (χ0n) is 20.2. The van der Waals surface area contributed by atoms with Crippen molar-refractivity contribution in [2.75, 3.05) is 38.2 Å². The normalized spacial score (nSPS) is 20.9. The number of ether oxygens (including phenoxy) is 1. The van der Waals surface area contributed by atoms with Gasteiger partial charge in [-0.3, -0.25) is 13.9 Å². The SMILES string of the molecule is COc1cc2c(cc1Cl)n(CC1CCC(C(=O)N3CCN(c4ncccn4)CC3)CC1)c(=O)n2C. The Balaban J connectivity index is 1.19. The lowest BCUT2D eigenvalue weighted by atomic mass is 9.81. The van der Waals surface area contributed by atoms with Crippen molar-refractivity contribution in [2.24, 2.45) is 18.9 Å². The van der Waals surface area contributed by atoms with Crippen LogP contribution >= 0.6 is 11.6 Å². The third-order valence-electron chi connectivity index (χ3n) is 7.48. The number of fused-ring (bicyclic) bond motifs is 1. The van der Waals surface area contributed by atoms with Crippen LogP contribution in [0.1, 0.15) is 25.7 Å². The van der Waals surface area contributed by atoms with Gasteiger partial charge in [0.2, 0.25) is 11.9 Å². The Bertz CT molecular complexity index is 1260. The summed E-state index contributed by atoms with van der Waals surface area (Å²) in [5, 5.41) is 0.493. The zero-order chi connectivity index (χ0) is 24.5. The second kappa shape index (κ2) is 9.89. The lowest BCUT2D eigenvalue weighted by molar-refractivity contribution is -0.137. The second-order valence-corrected chi connectivity index (χ2v) is 9.91. The number of piperazine rings is 1. The number of hydrogen-bond acceptors (Lipinski definition) is 6. The maximum Gasteiger partial charge on any atom is 0.328 e. The van der Waals surface area contributed by atoms with Gasteiger partial charge in [0.25, 0.3) is 0 Å². The first kappa shape index (κ1) is 23.7. The maximum absolute atomic E-state index is 13.2. The number of rotatable bonds is 5. The molecular weight excluding hydrogens is 468 g/mol. The zero-order valence-corrected chi connectivity index (χ0v) is 20.9. The van der Waals surface area contributed by atoms with Gasteiger partial charge in [0.05, 0.1) is 23.2 Å². The average molecular weight is 499 g/mol. The maximum atomic E-state index is 13.2. The molecule has 35 heavy (non-hydrogen) atoms. The molecule has 1 saturated carbocycles. The van der Waals surface area contributed by atoms with Gasteiger partial charge >= 0.3 is 5.69 Å². The topological polar surface area (TPSA) is 85.5 Å². The molecule has 0 radical (unpaired) electrons. The Hall–Kier alpha value is -3.07. The van der Waals surface area contributed by atoms with Crippen LogP contribution in [0, 0.1) is 11.8 Å². The van der Waals surface area contributed by atoms with Crippen molar-refractivity contribution < 1.29 is 9.53 Å². The Morgan fingerprint density at radius 3 is 2.40 bits per heavy atom. The number of hydrogen-bond donors (Lipinski definition) is 0. The number of carbonyl (C=O) groups is 1. The second-order valence-electron chi connectivity index (χ2n) is 9.51. The summed E-state index contributed by atoms with van der Waals surface area (Å²) in [6.45, 7) is 3.54. The largest absolute Gasteiger partial charge is 0.495 e. The molecule has 0 atom stereocenters. The fourth-order valence-electron chi connectivity index (χ4n) is 5.43. The lowest BCUT2D eigenvalue weighted by Crippen LogP contribution is -2.51. The number of imidazole rings is 1. The summed E-state index contributed by atoms with van der Waals surface area (Å²) in [6, 6.07) is 5.43. The van der Waals surface area contributed by atoms with Gasteiger partial charge in [0.1, 0.15) is 5.75 Å². The molecule has 1 aliphatic carbocycles. The molecule has 1 amide bonds. The van der Waals surface area contributed by atoms with Crippen LogP contribution in [-0.2, 0) is 18.4 Å². The van der Waals surface area contributed by atoms with Gasteiger partial charge in [-0.15, -0.1) is 0 Å². The fourth-order valence-corrected chi connectivity index (χ4v) is 5.66. The van der Waals surface area contributed by atoms with E-state index in [0.717, 1.165) is 55.8 Å². The van der Waals surface area contributed by atoms with Crippen LogP contribution < -0.4 is 15.3 Å². The van der Waals surface area contributed by atoms with Crippen LogP contribution in [0.4, 0.5) is 5.95 Å². The number of aryl methyl sites for hydroxylation is 1. The fraction of sp³-hybridized carbons (Fsp3) is 0.520. The van der Waals surface area contributed by atoms with E-state index in [1.807, 2.05) is 27.7 Å². The van der Waals surface area contributed by atoms with Gasteiger partial charge in [-0.25, -0.2) is 14.8 Å². The van der Waals surface area contributed by atoms with Crippen molar-refractivity contribution >= 4 is 34.5 Å². The smallest absolute Gasteiger partial charge is 0.328 e. The Labute approximate surface area is 209 Å². The lowest BCUT2D eigenvalue weighted by Gasteiger charge is -2.37. The van der Waals surface area contributed by atoms with E-state index >= 15 is 0 Å². The standard InChI is InChI=1S/C25H31ClN6O3/c1-29-20-15-22(35-2)19(26)14-21(20)32(25(29)34)16-17-4-6-18(7-5-17)23(33)30-10-12-31(13-11-30)24-27-8-3-9-28-24/h3,8-9,14-15,17-18H,4-7,10-13,16H2,1-2H3. The summed E-state index contributed by atoms with van der Waals surface area (Å²) in [4.78, 5) is 38.9. The number of benzene rings is 1. The van der Waals surface area contributed by atoms with Crippen molar-refractivity contribution in [3.8, 4) is 5.75 Å². The molecule has 9 nitrogen and oxygen atoms in total. The van der Waals surface area contributed by atoms with Crippen LogP contribution in [0.25, 0.3) is 11.0 Å². The molecule has 3 aromatic rings. The van der Waals surface area contributed by atoms with E-state index in [4.69, 9.17) is 16.3 Å². The van der Waals surface area contributed by atoms with Gasteiger partial charge in [0.15, 0.2) is 0 Å². The quantitative estimate of drug-likeness (QED) is 0.537. The van der Waals surface area contributed by atoms with Crippen molar-refractivity contribution in [3.63, 3.8) is 0 Å². The molecule has 2 fully saturated rings. The molecule has 1 aliphatic heterocycles. The summed E-state index contributed by atoms with van der Waals surface area (Å²) < 4.78 is 8.78. The van der Waals surface area contributed by atoms with E-state index in [2.05, 4.69) is 14.9 Å². The Morgan fingerprint density at radius 2 is 1.74 bits per heavy atom. The minimum Gasteiger partial charge on any atom is -0.495 e. The number of methoxy groups -OCH3 is 1. The van der Waals surface area contributed by atoms with E-state index in [1.165, 1.54) is 0 Å². The van der Waals surface area contributed by atoms with Crippen LogP contribution in [0.15, 0.2) is 35.4 Å². The molecule has 0 unspecified atom stereocenters. The molecular formula is C25H31ClN6O3. The van der Waals surface area contributed by atoms with Crippen LogP contribution in [0.3, 0.4) is 0 Å². The monoisotopic (exact) mass is 498 g/mol. The summed E-state index contributed by atoms with van der Waals surface area (Å²) >= 11 is 6.35. The molecule has 10 heteroatoms. The first-order valence-electron chi connectivity index (χ1n) is 12.2. The van der Waals surface area contributed by atoms with Gasteiger partial charge in [-0.05, 0) is 43.7 Å². The molecule has 3 heterocycles. The number of amides is 1. The molecule has 0 N–H and O–H groups in total. The highest BCUT2D eigenvalue weighted by Gasteiger charge is 2.32. The van der Waals surface area contributed by atoms with Gasteiger partial charge in [0, 0.05) is 64.1 Å². The molecule has 0 bridgehead atoms. The number of halogens is 1. The number of carbonyl (C=O) groups excluding carboxylic acids is 1. The van der Waals surface area contributed by atoms with Crippen molar-refractivity contribution in [1.29, 1.82) is 0 Å². The molecule has 0 spiro atoms. The van der Waals surface area contributed by atoms with Crippen molar-refractivity contribution in [3.05, 3.63) is 46.1 Å². The Morgan fingerprint density at radius 1 is 1.06 bits per heavy atom. The minimum absolute atomic E-state index is 0.0530. The molecule has 1 aromatic carbocycles. The predicted molar refractivity (Wildman–Crippen MR) is 135 cm³/mol. The molecule has 2 aliphatic rings. The summed E-state index contributed by atoms with van der Waals surface area (Å²) in [5.74, 6) is 1.97. The number of anilines is 1. The minimum atomic E-state index is -0.0530. The first-order chi connectivity index (χ1) is 17.0. The summed E-state index contributed by atoms with van der Waals surface area (Å²) in [6.07, 6.45) is 7.08. The van der Waals surface area contributed by atoms with Gasteiger partial charge in [-0.1, -0.05) is 11.6 Å². The number of aromatic nitrogens is 4. The van der Waals surface area contributed by atoms with Crippen molar-refractivity contribution in [1.82, 2.24) is 24.0 Å². The van der Waals surface area contributed by atoms with E-state index in [1.54, 1.807) is 31.1 Å². The van der Waals surface area contributed by atoms with E-state index in [0.29, 0.717) is 36.3 Å². The van der Waals surface area contributed by atoms with Crippen molar-refractivity contribution in [2.45, 2.75) is 32.2 Å². The highest BCUT2D eigenvalue weighted by Crippen LogP contribution is 2.33. The molecule has 186 valence electrons. The predicted octanol–water partition coefficient (Wildman–Crippen LogP) is 2.95. The van der Waals surface area contributed by atoms with Crippen LogP contribution in [0.5, 0.6) is 5.75 Å².